The Morgan fingerprint density at radius 1 is 0.879 bits per heavy atom. The molecule has 0 saturated carbocycles. The summed E-state index contributed by atoms with van der Waals surface area (Å²) in [5.74, 6) is -0.117. The highest BCUT2D eigenvalue weighted by atomic mass is 16.2. The van der Waals surface area contributed by atoms with Crippen molar-refractivity contribution in [1.82, 2.24) is 15.5 Å². The summed E-state index contributed by atoms with van der Waals surface area (Å²) in [7, 11) is 0. The summed E-state index contributed by atoms with van der Waals surface area (Å²) in [4.78, 5) is 40.6. The number of hydrogen-bond donors (Lipinski definition) is 2. The van der Waals surface area contributed by atoms with Gasteiger partial charge in [-0.25, -0.2) is 0 Å². The Bertz CT molecular complexity index is 959. The molecule has 2 aromatic rings. The predicted molar refractivity (Wildman–Crippen MR) is 130 cm³/mol. The maximum absolute atomic E-state index is 13.0. The molecule has 0 radical (unpaired) electrons. The molecular weight excluding hydrogens is 414 g/mol. The van der Waals surface area contributed by atoms with Gasteiger partial charge in [-0.05, 0) is 62.8 Å². The summed E-state index contributed by atoms with van der Waals surface area (Å²) >= 11 is 0. The lowest BCUT2D eigenvalue weighted by atomic mass is 9.88. The van der Waals surface area contributed by atoms with Crippen LogP contribution in [0.3, 0.4) is 0 Å². The van der Waals surface area contributed by atoms with E-state index in [1.165, 1.54) is 0 Å². The second kappa shape index (κ2) is 11.1. The van der Waals surface area contributed by atoms with Crippen molar-refractivity contribution in [1.29, 1.82) is 0 Å². The molecular formula is C27H35N3O3. The first-order valence-electron chi connectivity index (χ1n) is 11.8. The van der Waals surface area contributed by atoms with E-state index in [-0.39, 0.29) is 23.6 Å². The quantitative estimate of drug-likeness (QED) is 0.676. The molecule has 1 saturated heterocycles. The molecule has 1 aliphatic rings. The van der Waals surface area contributed by atoms with Gasteiger partial charge in [0, 0.05) is 30.8 Å². The standard InChI is InChI=1S/C27H35N3O3/c1-18(2)17-28-26(32)24(29-25(31)22-9-5-19(3)6-10-22)21-13-15-30(16-14-21)27(33)23-11-7-20(4)8-12-23/h5-12,18,21,24H,13-17H2,1-4H3,(H,28,32)(H,29,31)/t24-/m1/s1. The third-order valence-corrected chi connectivity index (χ3v) is 6.16. The summed E-state index contributed by atoms with van der Waals surface area (Å²) < 4.78 is 0. The summed E-state index contributed by atoms with van der Waals surface area (Å²) in [5, 5.41) is 5.95. The van der Waals surface area contributed by atoms with E-state index in [1.807, 2.05) is 69.0 Å². The van der Waals surface area contributed by atoms with Crippen LogP contribution >= 0.6 is 0 Å². The lowest BCUT2D eigenvalue weighted by Gasteiger charge is -2.36. The van der Waals surface area contributed by atoms with E-state index in [2.05, 4.69) is 10.6 Å². The molecule has 0 bridgehead atoms. The zero-order valence-electron chi connectivity index (χ0n) is 20.1. The maximum atomic E-state index is 13.0. The highest BCUT2D eigenvalue weighted by Crippen LogP contribution is 2.23. The maximum Gasteiger partial charge on any atom is 0.253 e. The van der Waals surface area contributed by atoms with Gasteiger partial charge < -0.3 is 15.5 Å². The van der Waals surface area contributed by atoms with Crippen molar-refractivity contribution in [2.45, 2.75) is 46.6 Å². The Labute approximate surface area is 196 Å². The number of carbonyl (C=O) groups excluding carboxylic acids is 3. The average Bonchev–Trinajstić information content (AvgIpc) is 2.81. The molecule has 1 fully saturated rings. The molecule has 1 atom stereocenters. The van der Waals surface area contributed by atoms with Crippen molar-refractivity contribution in [3.05, 3.63) is 70.8 Å². The lowest BCUT2D eigenvalue weighted by Crippen LogP contribution is -2.54. The molecule has 1 aliphatic heterocycles. The highest BCUT2D eigenvalue weighted by Gasteiger charge is 2.34. The smallest absolute Gasteiger partial charge is 0.253 e. The van der Waals surface area contributed by atoms with Gasteiger partial charge in [0.2, 0.25) is 5.91 Å². The monoisotopic (exact) mass is 449 g/mol. The number of rotatable bonds is 7. The number of piperidine rings is 1. The van der Waals surface area contributed by atoms with E-state index in [0.29, 0.717) is 49.5 Å². The fourth-order valence-corrected chi connectivity index (χ4v) is 4.06. The molecule has 3 rings (SSSR count). The molecule has 2 aromatic carbocycles. The van der Waals surface area contributed by atoms with Gasteiger partial charge >= 0.3 is 0 Å². The fraction of sp³-hybridized carbons (Fsp3) is 0.444. The van der Waals surface area contributed by atoms with Crippen LogP contribution in [0.25, 0.3) is 0 Å². The number of nitrogens with zero attached hydrogens (tertiary/aromatic N) is 1. The zero-order valence-corrected chi connectivity index (χ0v) is 20.1. The largest absolute Gasteiger partial charge is 0.354 e. The normalized spacial score (nSPS) is 15.2. The number of likely N-dealkylation sites (tertiary alicyclic amines) is 1. The molecule has 2 N–H and O–H groups in total. The number of hydrogen-bond acceptors (Lipinski definition) is 3. The first kappa shape index (κ1) is 24.5. The van der Waals surface area contributed by atoms with Gasteiger partial charge in [0.15, 0.2) is 0 Å². The summed E-state index contributed by atoms with van der Waals surface area (Å²) in [5.41, 5.74) is 3.40. The molecule has 1 heterocycles. The number of benzene rings is 2. The van der Waals surface area contributed by atoms with E-state index in [1.54, 1.807) is 12.1 Å². The predicted octanol–water partition coefficient (Wildman–Crippen LogP) is 3.73. The van der Waals surface area contributed by atoms with Gasteiger partial charge in [0.25, 0.3) is 11.8 Å². The van der Waals surface area contributed by atoms with E-state index < -0.39 is 6.04 Å². The Kier molecular flexibility index (Phi) is 8.26. The molecule has 0 spiro atoms. The van der Waals surface area contributed by atoms with Gasteiger partial charge in [-0.3, -0.25) is 14.4 Å². The van der Waals surface area contributed by atoms with Crippen LogP contribution in [-0.4, -0.2) is 48.3 Å². The van der Waals surface area contributed by atoms with Crippen LogP contribution in [-0.2, 0) is 4.79 Å². The fourth-order valence-electron chi connectivity index (χ4n) is 4.06. The SMILES string of the molecule is Cc1ccc(C(=O)N[C@@H](C(=O)NCC(C)C)C2CCN(C(=O)c3ccc(C)cc3)CC2)cc1. The highest BCUT2D eigenvalue weighted by molar-refractivity contribution is 5.97. The van der Waals surface area contributed by atoms with Crippen LogP contribution in [0.2, 0.25) is 0 Å². The molecule has 6 heteroatoms. The molecule has 176 valence electrons. The third-order valence-electron chi connectivity index (χ3n) is 6.16. The minimum absolute atomic E-state index is 0.0120. The van der Waals surface area contributed by atoms with Gasteiger partial charge in [-0.15, -0.1) is 0 Å². The second-order valence-corrected chi connectivity index (χ2v) is 9.45. The topological polar surface area (TPSA) is 78.5 Å². The van der Waals surface area contributed by atoms with Gasteiger partial charge in [-0.2, -0.15) is 0 Å². The minimum atomic E-state index is -0.630. The van der Waals surface area contributed by atoms with E-state index in [0.717, 1.165) is 11.1 Å². The third kappa shape index (κ3) is 6.67. The van der Waals surface area contributed by atoms with Gasteiger partial charge in [0.1, 0.15) is 6.04 Å². The van der Waals surface area contributed by atoms with Crippen molar-refractivity contribution in [2.24, 2.45) is 11.8 Å². The van der Waals surface area contributed by atoms with Crippen LogP contribution in [0.4, 0.5) is 0 Å². The molecule has 3 amide bonds. The van der Waals surface area contributed by atoms with Crippen molar-refractivity contribution in [2.75, 3.05) is 19.6 Å². The Morgan fingerprint density at radius 3 is 1.91 bits per heavy atom. The first-order valence-corrected chi connectivity index (χ1v) is 11.8. The average molecular weight is 450 g/mol. The minimum Gasteiger partial charge on any atom is -0.354 e. The van der Waals surface area contributed by atoms with E-state index in [9.17, 15) is 14.4 Å². The van der Waals surface area contributed by atoms with Crippen LogP contribution in [0, 0.1) is 25.7 Å². The molecule has 6 nitrogen and oxygen atoms in total. The molecule has 0 aromatic heterocycles. The van der Waals surface area contributed by atoms with Crippen molar-refractivity contribution >= 4 is 17.7 Å². The van der Waals surface area contributed by atoms with Crippen LogP contribution in [0.1, 0.15) is 58.5 Å². The molecule has 0 unspecified atom stereocenters. The number of aryl methyl sites for hydroxylation is 2. The van der Waals surface area contributed by atoms with Gasteiger partial charge in [0.05, 0.1) is 0 Å². The number of amides is 3. The van der Waals surface area contributed by atoms with Crippen LogP contribution < -0.4 is 10.6 Å². The van der Waals surface area contributed by atoms with Gasteiger partial charge in [-0.1, -0.05) is 49.2 Å². The van der Waals surface area contributed by atoms with Crippen molar-refractivity contribution < 1.29 is 14.4 Å². The number of nitrogens with one attached hydrogen (secondary N) is 2. The zero-order chi connectivity index (χ0) is 24.0. The summed E-state index contributed by atoms with van der Waals surface area (Å²) in [6.45, 7) is 9.72. The first-order chi connectivity index (χ1) is 15.7. The van der Waals surface area contributed by atoms with E-state index in [4.69, 9.17) is 0 Å². The second-order valence-electron chi connectivity index (χ2n) is 9.45. The Hall–Kier alpha value is -3.15. The Balaban J connectivity index is 1.68. The molecule has 0 aliphatic carbocycles. The van der Waals surface area contributed by atoms with E-state index >= 15 is 0 Å². The summed E-state index contributed by atoms with van der Waals surface area (Å²) in [6, 6.07) is 14.3. The lowest BCUT2D eigenvalue weighted by molar-refractivity contribution is -0.124. The summed E-state index contributed by atoms with van der Waals surface area (Å²) in [6.07, 6.45) is 1.32. The van der Waals surface area contributed by atoms with Crippen molar-refractivity contribution in [3.8, 4) is 0 Å². The van der Waals surface area contributed by atoms with Crippen LogP contribution in [0.15, 0.2) is 48.5 Å². The van der Waals surface area contributed by atoms with Crippen molar-refractivity contribution in [3.63, 3.8) is 0 Å². The number of carbonyl (C=O) groups is 3. The Morgan fingerprint density at radius 2 is 1.39 bits per heavy atom. The molecule has 33 heavy (non-hydrogen) atoms. The van der Waals surface area contributed by atoms with Crippen LogP contribution in [0.5, 0.6) is 0 Å².